The largest absolute Gasteiger partial charge is 0.322 e. The number of benzene rings is 3. The molecule has 3 aromatic carbocycles. The minimum atomic E-state index is -0.414. The summed E-state index contributed by atoms with van der Waals surface area (Å²) in [5.41, 5.74) is 5.87. The van der Waals surface area contributed by atoms with Crippen LogP contribution < -0.4 is 5.56 Å². The first kappa shape index (κ1) is 26.1. The summed E-state index contributed by atoms with van der Waals surface area (Å²) in [6, 6.07) is 22.7. The highest BCUT2D eigenvalue weighted by Gasteiger charge is 2.33. The van der Waals surface area contributed by atoms with Crippen molar-refractivity contribution in [2.75, 3.05) is 13.1 Å². The zero-order chi connectivity index (χ0) is 27.6. The standard InChI is InChI=1S/C32H33FN6O/c1-21-16-26-19-28(32(40)34-29(26)17-22(21)2)30(31-35-36-37-39(31)20-25-8-10-27(33)11-9-25)38-14-12-24(13-15-38)18-23-6-4-3-5-7-23/h3-11,16-17,19,24,30H,12-15,18,20H2,1-2H3,(H,34,40)/t30-/m0/s1. The van der Waals surface area contributed by atoms with Crippen LogP contribution in [-0.2, 0) is 13.0 Å². The van der Waals surface area contributed by atoms with Crippen LogP contribution in [0.4, 0.5) is 4.39 Å². The first-order valence-corrected chi connectivity index (χ1v) is 13.9. The number of likely N-dealkylation sites (tertiary alicyclic amines) is 1. The van der Waals surface area contributed by atoms with Crippen molar-refractivity contribution in [3.8, 4) is 0 Å². The fourth-order valence-corrected chi connectivity index (χ4v) is 5.84. The van der Waals surface area contributed by atoms with Gasteiger partial charge in [-0.2, -0.15) is 0 Å². The van der Waals surface area contributed by atoms with E-state index in [1.165, 1.54) is 23.3 Å². The molecule has 3 heterocycles. The van der Waals surface area contributed by atoms with E-state index in [1.54, 1.807) is 16.8 Å². The SMILES string of the molecule is Cc1cc2cc([C@@H](c3nnnn3Cc3ccc(F)cc3)N3CCC(Cc4ccccc4)CC3)c(=O)[nH]c2cc1C. The summed E-state index contributed by atoms with van der Waals surface area (Å²) in [7, 11) is 0. The zero-order valence-corrected chi connectivity index (χ0v) is 22.8. The Balaban J connectivity index is 1.36. The molecule has 1 N–H and O–H groups in total. The van der Waals surface area contributed by atoms with Crippen molar-refractivity contribution in [2.24, 2.45) is 5.92 Å². The maximum absolute atomic E-state index is 13.6. The van der Waals surface area contributed by atoms with E-state index in [0.29, 0.717) is 23.9 Å². The molecule has 0 spiro atoms. The molecule has 0 unspecified atom stereocenters. The van der Waals surface area contributed by atoms with Crippen LogP contribution in [0.15, 0.2) is 77.6 Å². The van der Waals surface area contributed by atoms with Gasteiger partial charge in [-0.25, -0.2) is 9.07 Å². The van der Waals surface area contributed by atoms with Gasteiger partial charge in [-0.05, 0) is 121 Å². The lowest BCUT2D eigenvalue weighted by atomic mass is 9.89. The Morgan fingerprint density at radius 2 is 1.68 bits per heavy atom. The van der Waals surface area contributed by atoms with E-state index in [4.69, 9.17) is 0 Å². The highest BCUT2D eigenvalue weighted by molar-refractivity contribution is 5.81. The average molecular weight is 537 g/mol. The van der Waals surface area contributed by atoms with Gasteiger partial charge in [-0.1, -0.05) is 42.5 Å². The molecule has 0 bridgehead atoms. The van der Waals surface area contributed by atoms with Gasteiger partial charge < -0.3 is 4.98 Å². The molecule has 7 nitrogen and oxygen atoms in total. The molecule has 1 aliphatic rings. The summed E-state index contributed by atoms with van der Waals surface area (Å²) in [6.07, 6.45) is 3.10. The lowest BCUT2D eigenvalue weighted by Crippen LogP contribution is -2.41. The van der Waals surface area contributed by atoms with Gasteiger partial charge in [-0.3, -0.25) is 9.69 Å². The maximum Gasteiger partial charge on any atom is 0.253 e. The van der Waals surface area contributed by atoms with Crippen LogP contribution in [0.2, 0.25) is 0 Å². The Labute approximate surface area is 232 Å². The van der Waals surface area contributed by atoms with Crippen molar-refractivity contribution in [3.05, 3.63) is 123 Å². The number of pyridine rings is 1. The number of aryl methyl sites for hydroxylation is 2. The Morgan fingerprint density at radius 3 is 2.42 bits per heavy atom. The number of aromatic nitrogens is 5. The summed E-state index contributed by atoms with van der Waals surface area (Å²) in [4.78, 5) is 19.1. The van der Waals surface area contributed by atoms with Gasteiger partial charge in [-0.15, -0.1) is 5.10 Å². The quantitative estimate of drug-likeness (QED) is 0.303. The monoisotopic (exact) mass is 536 g/mol. The Kier molecular flexibility index (Phi) is 7.26. The normalized spacial score (nSPS) is 15.5. The van der Waals surface area contributed by atoms with E-state index in [1.807, 2.05) is 19.1 Å². The number of aromatic amines is 1. The topological polar surface area (TPSA) is 79.7 Å². The zero-order valence-electron chi connectivity index (χ0n) is 22.8. The van der Waals surface area contributed by atoms with E-state index in [2.05, 4.69) is 68.7 Å². The van der Waals surface area contributed by atoms with E-state index >= 15 is 0 Å². The van der Waals surface area contributed by atoms with Crippen LogP contribution in [0.25, 0.3) is 10.9 Å². The smallest absolute Gasteiger partial charge is 0.253 e. The number of H-pyrrole nitrogens is 1. The predicted molar refractivity (Wildman–Crippen MR) is 154 cm³/mol. The first-order valence-electron chi connectivity index (χ1n) is 13.9. The van der Waals surface area contributed by atoms with E-state index in [-0.39, 0.29) is 11.4 Å². The number of rotatable bonds is 7. The van der Waals surface area contributed by atoms with Gasteiger partial charge in [0.05, 0.1) is 6.54 Å². The summed E-state index contributed by atoms with van der Waals surface area (Å²) >= 11 is 0. The Morgan fingerprint density at radius 1 is 0.950 bits per heavy atom. The average Bonchev–Trinajstić information content (AvgIpc) is 3.40. The van der Waals surface area contributed by atoms with Crippen molar-refractivity contribution >= 4 is 10.9 Å². The lowest BCUT2D eigenvalue weighted by Gasteiger charge is -2.37. The number of nitrogens with one attached hydrogen (secondary N) is 1. The molecule has 1 fully saturated rings. The molecule has 1 saturated heterocycles. The van der Waals surface area contributed by atoms with E-state index in [9.17, 15) is 9.18 Å². The molecule has 5 aromatic rings. The first-order chi connectivity index (χ1) is 19.4. The second-order valence-corrected chi connectivity index (χ2v) is 11.0. The van der Waals surface area contributed by atoms with E-state index in [0.717, 1.165) is 54.4 Å². The predicted octanol–water partition coefficient (Wildman–Crippen LogP) is 5.36. The minimum absolute atomic E-state index is 0.136. The summed E-state index contributed by atoms with van der Waals surface area (Å²) in [5, 5.41) is 13.7. The molecule has 6 rings (SSSR count). The van der Waals surface area contributed by atoms with Crippen LogP contribution in [0, 0.1) is 25.6 Å². The van der Waals surface area contributed by atoms with Crippen LogP contribution in [0.3, 0.4) is 0 Å². The van der Waals surface area contributed by atoms with Crippen LogP contribution in [0.1, 0.15) is 52.5 Å². The lowest BCUT2D eigenvalue weighted by molar-refractivity contribution is 0.143. The van der Waals surface area contributed by atoms with Crippen LogP contribution >= 0.6 is 0 Å². The van der Waals surface area contributed by atoms with Crippen molar-refractivity contribution in [1.29, 1.82) is 0 Å². The highest BCUT2D eigenvalue weighted by atomic mass is 19.1. The molecule has 0 saturated carbocycles. The molecule has 0 radical (unpaired) electrons. The van der Waals surface area contributed by atoms with Gasteiger partial charge in [0.15, 0.2) is 5.82 Å². The Bertz CT molecular complexity index is 1670. The van der Waals surface area contributed by atoms with Gasteiger partial charge in [0.25, 0.3) is 5.56 Å². The van der Waals surface area contributed by atoms with Crippen molar-refractivity contribution in [1.82, 2.24) is 30.1 Å². The van der Waals surface area contributed by atoms with Crippen LogP contribution in [-0.4, -0.2) is 43.2 Å². The van der Waals surface area contributed by atoms with Crippen LogP contribution in [0.5, 0.6) is 0 Å². The second kappa shape index (κ2) is 11.1. The minimum Gasteiger partial charge on any atom is -0.322 e. The summed E-state index contributed by atoms with van der Waals surface area (Å²) in [5.74, 6) is 0.903. The number of hydrogen-bond donors (Lipinski definition) is 1. The third kappa shape index (κ3) is 5.45. The van der Waals surface area contributed by atoms with Crippen molar-refractivity contribution in [3.63, 3.8) is 0 Å². The summed E-state index contributed by atoms with van der Waals surface area (Å²) in [6.45, 7) is 6.17. The number of piperidine rings is 1. The fraction of sp³-hybridized carbons (Fsp3) is 0.312. The molecule has 40 heavy (non-hydrogen) atoms. The van der Waals surface area contributed by atoms with Gasteiger partial charge >= 0.3 is 0 Å². The molecule has 0 amide bonds. The second-order valence-electron chi connectivity index (χ2n) is 11.0. The number of nitrogens with zero attached hydrogens (tertiary/aromatic N) is 5. The Hall–Kier alpha value is -4.17. The van der Waals surface area contributed by atoms with Gasteiger partial charge in [0.1, 0.15) is 11.9 Å². The third-order valence-corrected chi connectivity index (χ3v) is 8.21. The molecule has 2 aromatic heterocycles. The molecule has 204 valence electrons. The fourth-order valence-electron chi connectivity index (χ4n) is 5.84. The number of tetrazole rings is 1. The molecule has 0 aliphatic carbocycles. The van der Waals surface area contributed by atoms with E-state index < -0.39 is 6.04 Å². The van der Waals surface area contributed by atoms with Crippen molar-refractivity contribution in [2.45, 2.75) is 45.7 Å². The molecule has 1 aliphatic heterocycles. The molecular weight excluding hydrogens is 503 g/mol. The third-order valence-electron chi connectivity index (χ3n) is 8.21. The van der Waals surface area contributed by atoms with Crippen molar-refractivity contribution < 1.29 is 4.39 Å². The summed E-state index contributed by atoms with van der Waals surface area (Å²) < 4.78 is 15.3. The molecular formula is C32H33FN6O. The molecule has 1 atom stereocenters. The van der Waals surface area contributed by atoms with Gasteiger partial charge in [0.2, 0.25) is 0 Å². The maximum atomic E-state index is 13.6. The van der Waals surface area contributed by atoms with Gasteiger partial charge in [0, 0.05) is 11.1 Å². The number of hydrogen-bond acceptors (Lipinski definition) is 5. The number of halogens is 1. The molecule has 8 heteroatoms. The highest BCUT2D eigenvalue weighted by Crippen LogP contribution is 2.32. The number of fused-ring (bicyclic) bond motifs is 1.